The largest absolute Gasteiger partial charge is 0.338 e. The minimum atomic E-state index is -0.158. The van der Waals surface area contributed by atoms with Gasteiger partial charge >= 0.3 is 0 Å². The zero-order valence-corrected chi connectivity index (χ0v) is 10.2. The highest BCUT2D eigenvalue weighted by molar-refractivity contribution is 5.23. The van der Waals surface area contributed by atoms with Gasteiger partial charge in [0.15, 0.2) is 5.82 Å². The molecule has 0 aliphatic carbocycles. The molecule has 4 nitrogen and oxygen atoms in total. The second-order valence-corrected chi connectivity index (χ2v) is 4.23. The summed E-state index contributed by atoms with van der Waals surface area (Å²) in [5.41, 5.74) is 8.24. The summed E-state index contributed by atoms with van der Waals surface area (Å²) in [6.45, 7) is 4.06. The molecule has 0 bridgehead atoms. The highest BCUT2D eigenvalue weighted by Gasteiger charge is 2.12. The fraction of sp³-hybridized carbons (Fsp3) is 0.385. The zero-order chi connectivity index (χ0) is 12.3. The SMILES string of the molecule is CC[C@H](N)c1nc(Cc2ccc(C)cc2)no1. The molecular formula is C13H17N3O. The zero-order valence-electron chi connectivity index (χ0n) is 10.2. The van der Waals surface area contributed by atoms with Crippen molar-refractivity contribution in [2.45, 2.75) is 32.7 Å². The van der Waals surface area contributed by atoms with Gasteiger partial charge in [-0.25, -0.2) is 0 Å². The van der Waals surface area contributed by atoms with Gasteiger partial charge in [-0.05, 0) is 18.9 Å². The number of hydrogen-bond donors (Lipinski definition) is 1. The van der Waals surface area contributed by atoms with Crippen molar-refractivity contribution in [1.82, 2.24) is 10.1 Å². The Kier molecular flexibility index (Phi) is 3.54. The summed E-state index contributed by atoms with van der Waals surface area (Å²) in [6, 6.07) is 8.15. The molecule has 0 amide bonds. The molecule has 1 heterocycles. The third kappa shape index (κ3) is 2.91. The first-order valence-corrected chi connectivity index (χ1v) is 5.82. The van der Waals surface area contributed by atoms with E-state index in [1.165, 1.54) is 11.1 Å². The fourth-order valence-electron chi connectivity index (χ4n) is 1.55. The Balaban J connectivity index is 2.08. The van der Waals surface area contributed by atoms with Crippen LogP contribution >= 0.6 is 0 Å². The number of hydrogen-bond acceptors (Lipinski definition) is 4. The first kappa shape index (κ1) is 11.8. The van der Waals surface area contributed by atoms with E-state index < -0.39 is 0 Å². The maximum absolute atomic E-state index is 5.82. The third-order valence-electron chi connectivity index (χ3n) is 2.72. The summed E-state index contributed by atoms with van der Waals surface area (Å²) < 4.78 is 5.13. The second-order valence-electron chi connectivity index (χ2n) is 4.23. The van der Waals surface area contributed by atoms with Crippen LogP contribution in [-0.4, -0.2) is 10.1 Å². The minimum absolute atomic E-state index is 0.158. The van der Waals surface area contributed by atoms with Gasteiger partial charge in [-0.3, -0.25) is 0 Å². The maximum Gasteiger partial charge on any atom is 0.243 e. The highest BCUT2D eigenvalue weighted by atomic mass is 16.5. The van der Waals surface area contributed by atoms with Crippen LogP contribution in [-0.2, 0) is 6.42 Å². The average Bonchev–Trinajstić information content (AvgIpc) is 2.80. The Bertz CT molecular complexity index is 476. The second kappa shape index (κ2) is 5.10. The predicted octanol–water partition coefficient (Wildman–Crippen LogP) is 2.38. The Hall–Kier alpha value is -1.68. The van der Waals surface area contributed by atoms with Crippen LogP contribution in [0, 0.1) is 6.92 Å². The van der Waals surface area contributed by atoms with E-state index in [-0.39, 0.29) is 6.04 Å². The van der Waals surface area contributed by atoms with Gasteiger partial charge in [-0.2, -0.15) is 4.98 Å². The smallest absolute Gasteiger partial charge is 0.243 e. The van der Waals surface area contributed by atoms with Crippen LogP contribution < -0.4 is 5.73 Å². The van der Waals surface area contributed by atoms with Crippen molar-refractivity contribution in [3.05, 3.63) is 47.1 Å². The van der Waals surface area contributed by atoms with Gasteiger partial charge in [0.05, 0.1) is 6.04 Å². The Labute approximate surface area is 101 Å². The van der Waals surface area contributed by atoms with E-state index in [9.17, 15) is 0 Å². The van der Waals surface area contributed by atoms with E-state index in [1.54, 1.807) is 0 Å². The van der Waals surface area contributed by atoms with E-state index in [0.717, 1.165) is 6.42 Å². The quantitative estimate of drug-likeness (QED) is 0.877. The summed E-state index contributed by atoms with van der Waals surface area (Å²) >= 11 is 0. The molecule has 0 radical (unpaired) electrons. The third-order valence-corrected chi connectivity index (χ3v) is 2.72. The molecule has 1 aromatic carbocycles. The molecular weight excluding hydrogens is 214 g/mol. The molecule has 0 aliphatic rings. The molecule has 2 N–H and O–H groups in total. The van der Waals surface area contributed by atoms with Gasteiger partial charge in [-0.15, -0.1) is 0 Å². The first-order valence-electron chi connectivity index (χ1n) is 5.82. The average molecular weight is 231 g/mol. The van der Waals surface area contributed by atoms with Crippen LogP contribution in [0.25, 0.3) is 0 Å². The topological polar surface area (TPSA) is 64.9 Å². The summed E-state index contributed by atoms with van der Waals surface area (Å²) in [7, 11) is 0. The van der Waals surface area contributed by atoms with Crippen molar-refractivity contribution >= 4 is 0 Å². The molecule has 0 aliphatic heterocycles. The number of aryl methyl sites for hydroxylation is 1. The minimum Gasteiger partial charge on any atom is -0.338 e. The lowest BCUT2D eigenvalue weighted by Crippen LogP contribution is -2.08. The summed E-state index contributed by atoms with van der Waals surface area (Å²) in [5.74, 6) is 1.21. The van der Waals surface area contributed by atoms with Gasteiger partial charge in [0.2, 0.25) is 5.89 Å². The normalized spacial score (nSPS) is 12.6. The molecule has 0 saturated heterocycles. The van der Waals surface area contributed by atoms with Gasteiger partial charge in [0.25, 0.3) is 0 Å². The van der Waals surface area contributed by atoms with Gasteiger partial charge in [-0.1, -0.05) is 41.9 Å². The molecule has 0 spiro atoms. The molecule has 2 aromatic rings. The van der Waals surface area contributed by atoms with E-state index in [1.807, 2.05) is 6.92 Å². The maximum atomic E-state index is 5.82. The summed E-state index contributed by atoms with van der Waals surface area (Å²) in [6.07, 6.45) is 1.48. The summed E-state index contributed by atoms with van der Waals surface area (Å²) in [5, 5.41) is 3.94. The van der Waals surface area contributed by atoms with Crippen LogP contribution in [0.1, 0.15) is 42.2 Å². The van der Waals surface area contributed by atoms with Gasteiger partial charge in [0, 0.05) is 6.42 Å². The lowest BCUT2D eigenvalue weighted by Gasteiger charge is -1.99. The van der Waals surface area contributed by atoms with Gasteiger partial charge in [0.1, 0.15) is 0 Å². The van der Waals surface area contributed by atoms with Crippen molar-refractivity contribution in [3.8, 4) is 0 Å². The van der Waals surface area contributed by atoms with Crippen LogP contribution in [0.15, 0.2) is 28.8 Å². The summed E-state index contributed by atoms with van der Waals surface area (Å²) in [4.78, 5) is 4.30. The predicted molar refractivity (Wildman–Crippen MR) is 65.5 cm³/mol. The van der Waals surface area contributed by atoms with E-state index in [0.29, 0.717) is 18.1 Å². The fourth-order valence-corrected chi connectivity index (χ4v) is 1.55. The Morgan fingerprint density at radius 3 is 2.65 bits per heavy atom. The molecule has 90 valence electrons. The van der Waals surface area contributed by atoms with Crippen LogP contribution in [0.4, 0.5) is 0 Å². The first-order chi connectivity index (χ1) is 8.19. The Morgan fingerprint density at radius 2 is 2.00 bits per heavy atom. The molecule has 4 heteroatoms. The van der Waals surface area contributed by atoms with Crippen LogP contribution in [0.3, 0.4) is 0 Å². The highest BCUT2D eigenvalue weighted by Crippen LogP contribution is 2.13. The number of nitrogens with two attached hydrogens (primary N) is 1. The van der Waals surface area contributed by atoms with Crippen molar-refractivity contribution in [2.75, 3.05) is 0 Å². The molecule has 0 saturated carbocycles. The number of nitrogens with zero attached hydrogens (tertiary/aromatic N) is 2. The number of benzene rings is 1. The van der Waals surface area contributed by atoms with Crippen molar-refractivity contribution < 1.29 is 4.52 Å². The van der Waals surface area contributed by atoms with E-state index in [2.05, 4.69) is 41.3 Å². The molecule has 1 aromatic heterocycles. The molecule has 0 unspecified atom stereocenters. The molecule has 2 rings (SSSR count). The molecule has 0 fully saturated rings. The lowest BCUT2D eigenvalue weighted by molar-refractivity contribution is 0.348. The molecule has 1 atom stereocenters. The number of aromatic nitrogens is 2. The Morgan fingerprint density at radius 1 is 1.29 bits per heavy atom. The van der Waals surface area contributed by atoms with Crippen LogP contribution in [0.5, 0.6) is 0 Å². The van der Waals surface area contributed by atoms with Crippen LogP contribution in [0.2, 0.25) is 0 Å². The van der Waals surface area contributed by atoms with Crippen molar-refractivity contribution in [2.24, 2.45) is 5.73 Å². The lowest BCUT2D eigenvalue weighted by atomic mass is 10.1. The van der Waals surface area contributed by atoms with Gasteiger partial charge < -0.3 is 10.3 Å². The van der Waals surface area contributed by atoms with E-state index in [4.69, 9.17) is 10.3 Å². The standard InChI is InChI=1S/C13H17N3O/c1-3-11(14)13-15-12(16-17-13)8-10-6-4-9(2)5-7-10/h4-7,11H,3,8,14H2,1-2H3/t11-/m0/s1. The number of rotatable bonds is 4. The monoisotopic (exact) mass is 231 g/mol. The van der Waals surface area contributed by atoms with E-state index >= 15 is 0 Å². The van der Waals surface area contributed by atoms with Crippen molar-refractivity contribution in [3.63, 3.8) is 0 Å². The molecule has 17 heavy (non-hydrogen) atoms. The van der Waals surface area contributed by atoms with Crippen molar-refractivity contribution in [1.29, 1.82) is 0 Å².